The zero-order chi connectivity index (χ0) is 21.5. The molecule has 0 radical (unpaired) electrons. The van der Waals surface area contributed by atoms with E-state index in [2.05, 4.69) is 15.6 Å². The Bertz CT molecular complexity index is 1010. The van der Waals surface area contributed by atoms with Gasteiger partial charge in [-0.1, -0.05) is 18.2 Å². The molecule has 2 aromatic carbocycles. The van der Waals surface area contributed by atoms with Crippen LogP contribution in [0, 0.1) is 0 Å². The maximum absolute atomic E-state index is 12.8. The fourth-order valence-corrected chi connectivity index (χ4v) is 3.05. The zero-order valence-electron chi connectivity index (χ0n) is 17.5. The summed E-state index contributed by atoms with van der Waals surface area (Å²) < 4.78 is 10.8. The van der Waals surface area contributed by atoms with Gasteiger partial charge in [-0.2, -0.15) is 0 Å². The summed E-state index contributed by atoms with van der Waals surface area (Å²) >= 11 is 0. The van der Waals surface area contributed by atoms with Gasteiger partial charge in [0.15, 0.2) is 0 Å². The third-order valence-corrected chi connectivity index (χ3v) is 4.57. The molecule has 0 fully saturated rings. The summed E-state index contributed by atoms with van der Waals surface area (Å²) in [4.78, 5) is 28.7. The maximum atomic E-state index is 12.8. The molecule has 7 heteroatoms. The highest BCUT2D eigenvalue weighted by molar-refractivity contribution is 6.15. The van der Waals surface area contributed by atoms with E-state index in [0.717, 1.165) is 5.52 Å². The number of H-pyrrole nitrogens is 1. The molecule has 1 aromatic heterocycles. The quantitative estimate of drug-likeness (QED) is 0.466. The minimum absolute atomic E-state index is 0.157. The number of hydrogen-bond acceptors (Lipinski definition) is 4. The number of nitrogens with one attached hydrogen (secondary N) is 3. The maximum Gasteiger partial charge on any atom is 0.269 e. The minimum atomic E-state index is -0.293. The SMILES string of the molecule is COc1ccc2[nH]c(C(=O)NCCCOC(C)C)c(NC(=O)c3ccccc3)c2c1. The van der Waals surface area contributed by atoms with Crippen molar-refractivity contribution in [2.45, 2.75) is 26.4 Å². The summed E-state index contributed by atoms with van der Waals surface area (Å²) in [5, 5.41) is 6.47. The molecule has 0 aliphatic rings. The number of amides is 2. The lowest BCUT2D eigenvalue weighted by Crippen LogP contribution is -2.27. The zero-order valence-corrected chi connectivity index (χ0v) is 17.5. The molecule has 0 spiro atoms. The van der Waals surface area contributed by atoms with Crippen molar-refractivity contribution < 1.29 is 19.1 Å². The smallest absolute Gasteiger partial charge is 0.269 e. The summed E-state index contributed by atoms with van der Waals surface area (Å²) in [7, 11) is 1.57. The number of carbonyl (C=O) groups excluding carboxylic acids is 2. The van der Waals surface area contributed by atoms with Crippen molar-refractivity contribution in [2.75, 3.05) is 25.6 Å². The number of aromatic nitrogens is 1. The van der Waals surface area contributed by atoms with Gasteiger partial charge in [0, 0.05) is 29.6 Å². The Morgan fingerprint density at radius 2 is 1.83 bits per heavy atom. The van der Waals surface area contributed by atoms with Crippen LogP contribution in [0.5, 0.6) is 5.75 Å². The summed E-state index contributed by atoms with van der Waals surface area (Å²) in [5.74, 6) is 0.0475. The van der Waals surface area contributed by atoms with Gasteiger partial charge in [-0.3, -0.25) is 9.59 Å². The third kappa shape index (κ3) is 5.18. The second kappa shape index (κ2) is 9.93. The van der Waals surface area contributed by atoms with Crippen molar-refractivity contribution in [2.24, 2.45) is 0 Å². The second-order valence-electron chi connectivity index (χ2n) is 7.14. The Balaban J connectivity index is 1.84. The molecule has 0 bridgehead atoms. The van der Waals surface area contributed by atoms with E-state index in [-0.39, 0.29) is 17.9 Å². The molecule has 1 heterocycles. The average molecular weight is 409 g/mol. The molecule has 2 amide bonds. The van der Waals surface area contributed by atoms with Gasteiger partial charge in [0.1, 0.15) is 11.4 Å². The predicted octanol–water partition coefficient (Wildman–Crippen LogP) is 3.97. The number of rotatable bonds is 9. The van der Waals surface area contributed by atoms with Gasteiger partial charge in [-0.05, 0) is 50.6 Å². The summed E-state index contributed by atoms with van der Waals surface area (Å²) in [6, 6.07) is 14.3. The first-order chi connectivity index (χ1) is 14.5. The van der Waals surface area contributed by atoms with Crippen molar-refractivity contribution in [1.82, 2.24) is 10.3 Å². The van der Waals surface area contributed by atoms with E-state index in [9.17, 15) is 9.59 Å². The Labute approximate surface area is 175 Å². The first-order valence-corrected chi connectivity index (χ1v) is 9.95. The monoisotopic (exact) mass is 409 g/mol. The number of carbonyl (C=O) groups is 2. The van der Waals surface area contributed by atoms with E-state index in [1.807, 2.05) is 26.0 Å². The summed E-state index contributed by atoms with van der Waals surface area (Å²) in [5.41, 5.74) is 1.96. The van der Waals surface area contributed by atoms with Crippen LogP contribution in [-0.2, 0) is 4.74 Å². The predicted molar refractivity (Wildman–Crippen MR) is 117 cm³/mol. The molecule has 3 N–H and O–H groups in total. The molecule has 0 saturated heterocycles. The second-order valence-corrected chi connectivity index (χ2v) is 7.14. The van der Waals surface area contributed by atoms with Crippen LogP contribution in [0.15, 0.2) is 48.5 Å². The fourth-order valence-electron chi connectivity index (χ4n) is 3.05. The van der Waals surface area contributed by atoms with Crippen molar-refractivity contribution in [1.29, 1.82) is 0 Å². The van der Waals surface area contributed by atoms with Gasteiger partial charge in [0.25, 0.3) is 11.8 Å². The Morgan fingerprint density at radius 1 is 1.07 bits per heavy atom. The van der Waals surface area contributed by atoms with E-state index in [1.165, 1.54) is 0 Å². The van der Waals surface area contributed by atoms with E-state index in [4.69, 9.17) is 9.47 Å². The molecule has 3 aromatic rings. The minimum Gasteiger partial charge on any atom is -0.497 e. The molecule has 0 unspecified atom stereocenters. The van der Waals surface area contributed by atoms with Crippen LogP contribution < -0.4 is 15.4 Å². The molecule has 0 aliphatic heterocycles. The molecule has 0 saturated carbocycles. The highest BCUT2D eigenvalue weighted by Gasteiger charge is 2.20. The number of ether oxygens (including phenoxy) is 2. The standard InChI is InChI=1S/C23H27N3O4/c1-15(2)30-13-7-12-24-23(28)21-20(26-22(27)16-8-5-4-6-9-16)18-14-17(29-3)10-11-19(18)25-21/h4-6,8-11,14-15,25H,7,12-13H2,1-3H3,(H,24,28)(H,26,27). The number of fused-ring (bicyclic) bond motifs is 1. The third-order valence-electron chi connectivity index (χ3n) is 4.57. The normalized spacial score (nSPS) is 10.9. The van der Waals surface area contributed by atoms with Crippen molar-refractivity contribution in [3.63, 3.8) is 0 Å². The lowest BCUT2D eigenvalue weighted by atomic mass is 10.1. The highest BCUT2D eigenvalue weighted by Crippen LogP contribution is 2.31. The van der Waals surface area contributed by atoms with Gasteiger partial charge in [-0.15, -0.1) is 0 Å². The molecular formula is C23H27N3O4. The Hall–Kier alpha value is -3.32. The van der Waals surface area contributed by atoms with Gasteiger partial charge >= 0.3 is 0 Å². The lowest BCUT2D eigenvalue weighted by molar-refractivity contribution is 0.0756. The van der Waals surface area contributed by atoms with Gasteiger partial charge in [-0.25, -0.2) is 0 Å². The van der Waals surface area contributed by atoms with Crippen LogP contribution in [0.4, 0.5) is 5.69 Å². The average Bonchev–Trinajstić information content (AvgIpc) is 3.11. The van der Waals surface area contributed by atoms with E-state index >= 15 is 0 Å². The summed E-state index contributed by atoms with van der Waals surface area (Å²) in [6.45, 7) is 4.98. The number of hydrogen-bond donors (Lipinski definition) is 3. The van der Waals surface area contributed by atoms with Crippen LogP contribution in [0.25, 0.3) is 10.9 Å². The van der Waals surface area contributed by atoms with Crippen LogP contribution in [0.3, 0.4) is 0 Å². The van der Waals surface area contributed by atoms with E-state index in [0.29, 0.717) is 47.7 Å². The molecule has 30 heavy (non-hydrogen) atoms. The molecule has 0 aliphatic carbocycles. The topological polar surface area (TPSA) is 92.5 Å². The van der Waals surface area contributed by atoms with Crippen LogP contribution in [0.2, 0.25) is 0 Å². The van der Waals surface area contributed by atoms with Crippen LogP contribution in [0.1, 0.15) is 41.1 Å². The molecule has 158 valence electrons. The first kappa shape index (κ1) is 21.4. The highest BCUT2D eigenvalue weighted by atomic mass is 16.5. The van der Waals surface area contributed by atoms with Gasteiger partial charge < -0.3 is 25.1 Å². The number of anilines is 1. The van der Waals surface area contributed by atoms with Gasteiger partial charge in [0.05, 0.1) is 18.9 Å². The number of aromatic amines is 1. The molecule has 0 atom stereocenters. The van der Waals surface area contributed by atoms with Crippen molar-refractivity contribution in [3.8, 4) is 5.75 Å². The number of methoxy groups -OCH3 is 1. The molecule has 7 nitrogen and oxygen atoms in total. The van der Waals surface area contributed by atoms with Crippen LogP contribution in [-0.4, -0.2) is 43.2 Å². The number of benzene rings is 2. The Morgan fingerprint density at radius 3 is 2.53 bits per heavy atom. The fraction of sp³-hybridized carbons (Fsp3) is 0.304. The summed E-state index contributed by atoms with van der Waals surface area (Å²) in [6.07, 6.45) is 0.855. The lowest BCUT2D eigenvalue weighted by Gasteiger charge is -2.10. The first-order valence-electron chi connectivity index (χ1n) is 9.95. The van der Waals surface area contributed by atoms with Crippen LogP contribution >= 0.6 is 0 Å². The van der Waals surface area contributed by atoms with Gasteiger partial charge in [0.2, 0.25) is 0 Å². The van der Waals surface area contributed by atoms with E-state index in [1.54, 1.807) is 43.5 Å². The molecular weight excluding hydrogens is 382 g/mol. The molecule has 3 rings (SSSR count). The van der Waals surface area contributed by atoms with Crippen molar-refractivity contribution >= 4 is 28.4 Å². The van der Waals surface area contributed by atoms with Crippen molar-refractivity contribution in [3.05, 3.63) is 59.8 Å². The largest absolute Gasteiger partial charge is 0.497 e. The Kier molecular flexibility index (Phi) is 7.08. The van der Waals surface area contributed by atoms with E-state index < -0.39 is 0 Å².